The van der Waals surface area contributed by atoms with Gasteiger partial charge in [0.1, 0.15) is 17.2 Å². The lowest BCUT2D eigenvalue weighted by Gasteiger charge is -2.13. The Hall–Kier alpha value is -1.89. The van der Waals surface area contributed by atoms with E-state index in [1.54, 1.807) is 18.2 Å². The number of nitrogens with two attached hydrogens (primary N) is 1. The SMILES string of the molecule is Cc1cc(N)ccc1Oc1ccc(OC(F)(F)F)c(Br)c1. The second-order valence-corrected chi connectivity index (χ2v) is 5.12. The fraction of sp³-hybridized carbons (Fsp3) is 0.143. The van der Waals surface area contributed by atoms with Crippen LogP contribution in [0.15, 0.2) is 40.9 Å². The number of nitrogen functional groups attached to an aromatic ring is 1. The van der Waals surface area contributed by atoms with E-state index in [0.717, 1.165) is 5.56 Å². The maximum atomic E-state index is 12.2. The molecule has 2 aromatic rings. The average molecular weight is 362 g/mol. The van der Waals surface area contributed by atoms with E-state index in [-0.39, 0.29) is 10.2 Å². The zero-order valence-corrected chi connectivity index (χ0v) is 12.5. The number of halogens is 4. The molecule has 0 saturated heterocycles. The summed E-state index contributed by atoms with van der Waals surface area (Å²) >= 11 is 3.02. The van der Waals surface area contributed by atoms with Gasteiger partial charge in [-0.15, -0.1) is 13.2 Å². The van der Waals surface area contributed by atoms with E-state index in [9.17, 15) is 13.2 Å². The van der Waals surface area contributed by atoms with Crippen molar-refractivity contribution in [3.05, 3.63) is 46.4 Å². The van der Waals surface area contributed by atoms with Crippen LogP contribution in [0, 0.1) is 6.92 Å². The minimum absolute atomic E-state index is 0.144. The summed E-state index contributed by atoms with van der Waals surface area (Å²) in [5.41, 5.74) is 7.07. The fourth-order valence-corrected chi connectivity index (χ4v) is 2.11. The van der Waals surface area contributed by atoms with Gasteiger partial charge >= 0.3 is 6.36 Å². The molecular formula is C14H11BrF3NO2. The van der Waals surface area contributed by atoms with Gasteiger partial charge in [0, 0.05) is 5.69 Å². The molecular weight excluding hydrogens is 351 g/mol. The molecule has 7 heteroatoms. The van der Waals surface area contributed by atoms with Gasteiger partial charge in [0.2, 0.25) is 0 Å². The van der Waals surface area contributed by atoms with E-state index in [0.29, 0.717) is 17.2 Å². The van der Waals surface area contributed by atoms with Crippen LogP contribution in [0.4, 0.5) is 18.9 Å². The molecule has 0 saturated carbocycles. The lowest BCUT2D eigenvalue weighted by molar-refractivity contribution is -0.274. The van der Waals surface area contributed by atoms with Gasteiger partial charge in [-0.3, -0.25) is 0 Å². The van der Waals surface area contributed by atoms with Crippen molar-refractivity contribution >= 4 is 21.6 Å². The summed E-state index contributed by atoms with van der Waals surface area (Å²) < 4.78 is 46.1. The molecule has 0 radical (unpaired) electrons. The molecule has 0 bridgehead atoms. The third kappa shape index (κ3) is 4.29. The van der Waals surface area contributed by atoms with E-state index in [1.165, 1.54) is 18.2 Å². The van der Waals surface area contributed by atoms with Gasteiger partial charge in [0.25, 0.3) is 0 Å². The van der Waals surface area contributed by atoms with Crippen LogP contribution in [-0.2, 0) is 0 Å². The Kier molecular flexibility index (Phi) is 4.32. The third-order valence-electron chi connectivity index (χ3n) is 2.56. The van der Waals surface area contributed by atoms with Crippen LogP contribution < -0.4 is 15.2 Å². The molecule has 0 unspecified atom stereocenters. The first-order valence-corrected chi connectivity index (χ1v) is 6.63. The fourth-order valence-electron chi connectivity index (χ4n) is 1.67. The molecule has 2 N–H and O–H groups in total. The van der Waals surface area contributed by atoms with E-state index < -0.39 is 6.36 Å². The summed E-state index contributed by atoms with van der Waals surface area (Å²) in [7, 11) is 0. The molecule has 0 aliphatic rings. The Morgan fingerprint density at radius 2 is 1.71 bits per heavy atom. The van der Waals surface area contributed by atoms with Crippen LogP contribution in [0.25, 0.3) is 0 Å². The molecule has 0 aliphatic heterocycles. The zero-order chi connectivity index (χ0) is 15.6. The predicted molar refractivity (Wildman–Crippen MR) is 76.5 cm³/mol. The number of hydrogen-bond donors (Lipinski definition) is 1. The Labute approximate surface area is 127 Å². The smallest absolute Gasteiger partial charge is 0.457 e. The monoisotopic (exact) mass is 361 g/mol. The van der Waals surface area contributed by atoms with Crippen molar-refractivity contribution in [2.75, 3.05) is 5.73 Å². The van der Waals surface area contributed by atoms with Gasteiger partial charge in [-0.2, -0.15) is 0 Å². The van der Waals surface area contributed by atoms with Gasteiger partial charge in [-0.25, -0.2) is 0 Å². The molecule has 0 amide bonds. The maximum Gasteiger partial charge on any atom is 0.573 e. The van der Waals surface area contributed by atoms with Crippen LogP contribution in [0.3, 0.4) is 0 Å². The average Bonchev–Trinajstić information content (AvgIpc) is 2.35. The highest BCUT2D eigenvalue weighted by Gasteiger charge is 2.32. The number of aryl methyl sites for hydroxylation is 1. The molecule has 3 nitrogen and oxygen atoms in total. The maximum absolute atomic E-state index is 12.2. The molecule has 0 spiro atoms. The van der Waals surface area contributed by atoms with Crippen LogP contribution in [0.5, 0.6) is 17.2 Å². The van der Waals surface area contributed by atoms with Crippen molar-refractivity contribution in [2.24, 2.45) is 0 Å². The first-order chi connectivity index (χ1) is 9.74. The number of anilines is 1. The number of rotatable bonds is 3. The third-order valence-corrected chi connectivity index (χ3v) is 3.18. The molecule has 2 rings (SSSR count). The molecule has 0 aromatic heterocycles. The normalized spacial score (nSPS) is 11.3. The number of benzene rings is 2. The van der Waals surface area contributed by atoms with Crippen molar-refractivity contribution in [1.29, 1.82) is 0 Å². The van der Waals surface area contributed by atoms with Gasteiger partial charge in [-0.1, -0.05) is 0 Å². The summed E-state index contributed by atoms with van der Waals surface area (Å²) in [5.74, 6) is 0.619. The summed E-state index contributed by atoms with van der Waals surface area (Å²) in [6, 6.07) is 9.08. The molecule has 0 aliphatic carbocycles. The molecule has 0 heterocycles. The molecule has 21 heavy (non-hydrogen) atoms. The predicted octanol–water partition coefficient (Wildman–Crippen LogP) is 5.03. The van der Waals surface area contributed by atoms with Gasteiger partial charge in [0.15, 0.2) is 0 Å². The summed E-state index contributed by atoms with van der Waals surface area (Å²) in [6.45, 7) is 1.82. The lowest BCUT2D eigenvalue weighted by atomic mass is 10.2. The van der Waals surface area contributed by atoms with Crippen molar-refractivity contribution < 1.29 is 22.6 Å². The first-order valence-electron chi connectivity index (χ1n) is 5.84. The second kappa shape index (κ2) is 5.85. The quantitative estimate of drug-likeness (QED) is 0.779. The Morgan fingerprint density at radius 3 is 2.29 bits per heavy atom. The first kappa shape index (κ1) is 15.5. The molecule has 2 aromatic carbocycles. The van der Waals surface area contributed by atoms with Gasteiger partial charge in [-0.05, 0) is 64.8 Å². The summed E-state index contributed by atoms with van der Waals surface area (Å²) in [4.78, 5) is 0. The number of alkyl halides is 3. The summed E-state index contributed by atoms with van der Waals surface area (Å²) in [5, 5.41) is 0. The zero-order valence-electron chi connectivity index (χ0n) is 10.9. The van der Waals surface area contributed by atoms with Crippen LogP contribution in [-0.4, -0.2) is 6.36 Å². The highest BCUT2D eigenvalue weighted by atomic mass is 79.9. The van der Waals surface area contributed by atoms with Crippen LogP contribution >= 0.6 is 15.9 Å². The second-order valence-electron chi connectivity index (χ2n) is 4.27. The molecule has 112 valence electrons. The highest BCUT2D eigenvalue weighted by molar-refractivity contribution is 9.10. The summed E-state index contributed by atoms with van der Waals surface area (Å²) in [6.07, 6.45) is -4.74. The van der Waals surface area contributed by atoms with Crippen molar-refractivity contribution in [3.8, 4) is 17.2 Å². The van der Waals surface area contributed by atoms with E-state index >= 15 is 0 Å². The van der Waals surface area contributed by atoms with Gasteiger partial charge < -0.3 is 15.2 Å². The van der Waals surface area contributed by atoms with Crippen molar-refractivity contribution in [1.82, 2.24) is 0 Å². The number of hydrogen-bond acceptors (Lipinski definition) is 3. The van der Waals surface area contributed by atoms with Crippen LogP contribution in [0.1, 0.15) is 5.56 Å². The molecule has 0 atom stereocenters. The van der Waals surface area contributed by atoms with Crippen molar-refractivity contribution in [3.63, 3.8) is 0 Å². The Balaban J connectivity index is 2.20. The minimum Gasteiger partial charge on any atom is -0.457 e. The highest BCUT2D eigenvalue weighted by Crippen LogP contribution is 2.35. The number of ether oxygens (including phenoxy) is 2. The van der Waals surface area contributed by atoms with Gasteiger partial charge in [0.05, 0.1) is 4.47 Å². The minimum atomic E-state index is -4.74. The Bertz CT molecular complexity index is 659. The van der Waals surface area contributed by atoms with Crippen molar-refractivity contribution in [2.45, 2.75) is 13.3 Å². The van der Waals surface area contributed by atoms with E-state index in [1.807, 2.05) is 6.92 Å². The lowest BCUT2D eigenvalue weighted by Crippen LogP contribution is -2.17. The largest absolute Gasteiger partial charge is 0.573 e. The standard InChI is InChI=1S/C14H11BrF3NO2/c1-8-6-9(19)2-4-12(8)20-10-3-5-13(11(15)7-10)21-14(16,17)18/h2-7H,19H2,1H3. The van der Waals surface area contributed by atoms with E-state index in [4.69, 9.17) is 10.5 Å². The Morgan fingerprint density at radius 1 is 1.05 bits per heavy atom. The topological polar surface area (TPSA) is 44.5 Å². The van der Waals surface area contributed by atoms with E-state index in [2.05, 4.69) is 20.7 Å². The van der Waals surface area contributed by atoms with Crippen LogP contribution in [0.2, 0.25) is 0 Å². The molecule has 0 fully saturated rings.